The normalized spacial score (nSPS) is 10.8. The number of esters is 3. The number of hydrogen-bond donors (Lipinski definition) is 6. The van der Waals surface area contributed by atoms with Crippen LogP contribution in [0.3, 0.4) is 0 Å². The van der Waals surface area contributed by atoms with Crippen molar-refractivity contribution in [1.82, 2.24) is 31.9 Å². The minimum absolute atomic E-state index is 0.0754. The van der Waals surface area contributed by atoms with Crippen LogP contribution in [0.4, 0.5) is 0 Å². The molecular formula is C41H72N6O15. The van der Waals surface area contributed by atoms with Crippen LogP contribution < -0.4 is 31.9 Å². The van der Waals surface area contributed by atoms with E-state index in [-0.39, 0.29) is 153 Å². The van der Waals surface area contributed by atoms with Crippen molar-refractivity contribution in [3.05, 3.63) is 0 Å². The van der Waals surface area contributed by atoms with Crippen LogP contribution in [0.5, 0.6) is 0 Å². The maximum atomic E-state index is 12.4. The van der Waals surface area contributed by atoms with E-state index in [1.165, 1.54) is 21.3 Å². The van der Waals surface area contributed by atoms with E-state index < -0.39 is 23.3 Å². The van der Waals surface area contributed by atoms with Crippen molar-refractivity contribution < 1.29 is 71.6 Å². The van der Waals surface area contributed by atoms with Crippen LogP contribution in [-0.4, -0.2) is 154 Å². The smallest absolute Gasteiger partial charge is 0.325 e. The van der Waals surface area contributed by atoms with Gasteiger partial charge in [-0.1, -0.05) is 39.0 Å². The van der Waals surface area contributed by atoms with E-state index in [4.69, 9.17) is 14.2 Å². The molecule has 0 aliphatic rings. The van der Waals surface area contributed by atoms with Crippen LogP contribution in [0, 0.1) is 5.41 Å². The lowest BCUT2D eigenvalue weighted by molar-refractivity contribution is -0.141. The molecule has 0 atom stereocenters. The molecule has 0 saturated heterocycles. The van der Waals surface area contributed by atoms with Crippen LogP contribution in [0.25, 0.3) is 0 Å². The maximum absolute atomic E-state index is 12.4. The molecule has 0 rings (SSSR count). The summed E-state index contributed by atoms with van der Waals surface area (Å²) >= 11 is 0. The van der Waals surface area contributed by atoms with Crippen LogP contribution >= 0.6 is 0 Å². The summed E-state index contributed by atoms with van der Waals surface area (Å²) < 4.78 is 31.7. The van der Waals surface area contributed by atoms with Crippen LogP contribution in [-0.2, 0) is 71.6 Å². The lowest BCUT2D eigenvalue weighted by Crippen LogP contribution is -2.40. The molecule has 0 aromatic heterocycles. The van der Waals surface area contributed by atoms with E-state index in [1.807, 2.05) is 0 Å². The summed E-state index contributed by atoms with van der Waals surface area (Å²) in [5.74, 6) is -3.55. The molecule has 62 heavy (non-hydrogen) atoms. The molecule has 0 saturated carbocycles. The first-order valence-corrected chi connectivity index (χ1v) is 21.3. The number of carbonyl (C=O) groups excluding carboxylic acids is 9. The van der Waals surface area contributed by atoms with E-state index in [0.29, 0.717) is 25.7 Å². The molecule has 0 aliphatic heterocycles. The number of rotatable bonds is 39. The van der Waals surface area contributed by atoms with E-state index in [9.17, 15) is 43.2 Å². The summed E-state index contributed by atoms with van der Waals surface area (Å²) in [6.07, 6.45) is 7.23. The Morgan fingerprint density at radius 1 is 0.387 bits per heavy atom. The molecule has 0 aromatic carbocycles. The Bertz CT molecular complexity index is 1200. The largest absolute Gasteiger partial charge is 0.468 e. The highest BCUT2D eigenvalue weighted by atomic mass is 16.5. The highest BCUT2D eigenvalue weighted by Crippen LogP contribution is 2.28. The van der Waals surface area contributed by atoms with Gasteiger partial charge in [0, 0.05) is 63.6 Å². The molecule has 0 unspecified atom stereocenters. The predicted molar refractivity (Wildman–Crippen MR) is 224 cm³/mol. The van der Waals surface area contributed by atoms with Gasteiger partial charge in [-0.25, -0.2) is 0 Å². The first-order chi connectivity index (χ1) is 29.8. The molecule has 0 aromatic rings. The molecule has 0 spiro atoms. The zero-order valence-corrected chi connectivity index (χ0v) is 37.2. The highest BCUT2D eigenvalue weighted by molar-refractivity contribution is 5.84. The number of methoxy groups -OCH3 is 3. The minimum atomic E-state index is -0.614. The van der Waals surface area contributed by atoms with E-state index in [2.05, 4.69) is 53.0 Å². The number of unbranched alkanes of at least 4 members (excludes halogenated alkanes) is 4. The Morgan fingerprint density at radius 2 is 0.677 bits per heavy atom. The van der Waals surface area contributed by atoms with E-state index in [0.717, 1.165) is 32.1 Å². The zero-order valence-electron chi connectivity index (χ0n) is 37.2. The summed E-state index contributed by atoms with van der Waals surface area (Å²) in [6, 6.07) is 0. The molecule has 21 nitrogen and oxygen atoms in total. The Balaban J connectivity index is 5.22. The van der Waals surface area contributed by atoms with E-state index >= 15 is 0 Å². The zero-order chi connectivity index (χ0) is 46.3. The average Bonchev–Trinajstić information content (AvgIpc) is 3.25. The van der Waals surface area contributed by atoms with Gasteiger partial charge in [0.2, 0.25) is 35.4 Å². The van der Waals surface area contributed by atoms with Crippen molar-refractivity contribution in [3.8, 4) is 0 Å². The van der Waals surface area contributed by atoms with Crippen molar-refractivity contribution >= 4 is 53.4 Å². The van der Waals surface area contributed by atoms with Gasteiger partial charge in [-0.3, -0.25) is 43.2 Å². The fourth-order valence-electron chi connectivity index (χ4n) is 5.59. The third kappa shape index (κ3) is 33.8. The second-order valence-electron chi connectivity index (χ2n) is 14.5. The Morgan fingerprint density at radius 3 is 0.968 bits per heavy atom. The number of carbonyl (C=O) groups is 9. The van der Waals surface area contributed by atoms with Crippen molar-refractivity contribution in [3.63, 3.8) is 0 Å². The Labute approximate surface area is 365 Å². The maximum Gasteiger partial charge on any atom is 0.325 e. The molecule has 0 fully saturated rings. The van der Waals surface area contributed by atoms with Crippen LogP contribution in [0.1, 0.15) is 103 Å². The minimum Gasteiger partial charge on any atom is -0.468 e. The number of hydrogen-bond acceptors (Lipinski definition) is 15. The SMILES string of the molecule is CCCCCCCC(COCCNC(=O)CCCC(=O)NCC(=O)OC)(COCCNC(=O)CCCC(=O)NCC(=O)OC)COCCNC(=O)CCCC(=O)NCC(=O)OC. The Hall–Kier alpha value is -4.89. The molecule has 6 amide bonds. The lowest BCUT2D eigenvalue weighted by atomic mass is 9.84. The van der Waals surface area contributed by atoms with Gasteiger partial charge in [-0.2, -0.15) is 0 Å². The van der Waals surface area contributed by atoms with Gasteiger partial charge in [0.1, 0.15) is 19.6 Å². The number of ether oxygens (including phenoxy) is 6. The Kier molecular flexibility index (Phi) is 34.9. The van der Waals surface area contributed by atoms with Crippen molar-refractivity contribution in [2.24, 2.45) is 5.41 Å². The van der Waals surface area contributed by atoms with E-state index in [1.54, 1.807) is 0 Å². The van der Waals surface area contributed by atoms with Gasteiger partial charge in [0.25, 0.3) is 0 Å². The molecule has 0 aliphatic carbocycles. The van der Waals surface area contributed by atoms with Gasteiger partial charge in [0.15, 0.2) is 0 Å². The molecule has 6 N–H and O–H groups in total. The standard InChI is InChI=1S/C41H72N6O15/c1-5-6-7-8-9-19-41(29-60-23-20-42-32(48)13-10-16-35(51)45-26-38(54)57-2,30-61-24-21-43-33(49)14-11-17-36(52)46-27-39(55)58-3)31-62-25-22-44-34(50)15-12-18-37(53)47-28-40(56)59-4/h5-31H2,1-4H3,(H,42,48)(H,43,49)(H,44,50)(H,45,51)(H,46,52)(H,47,53). The first kappa shape index (κ1) is 57.1. The van der Waals surface area contributed by atoms with Gasteiger partial charge in [0.05, 0.1) is 61.0 Å². The second-order valence-corrected chi connectivity index (χ2v) is 14.5. The lowest BCUT2D eigenvalue weighted by Gasteiger charge is -2.33. The first-order valence-electron chi connectivity index (χ1n) is 21.3. The van der Waals surface area contributed by atoms with Crippen LogP contribution in [0.2, 0.25) is 0 Å². The van der Waals surface area contributed by atoms with Gasteiger partial charge >= 0.3 is 17.9 Å². The summed E-state index contributed by atoms with van der Waals surface area (Å²) in [6.45, 7) is 3.34. The van der Waals surface area contributed by atoms with Crippen LogP contribution in [0.15, 0.2) is 0 Å². The summed E-state index contributed by atoms with van der Waals surface area (Å²) in [4.78, 5) is 106. The molecule has 0 radical (unpaired) electrons. The predicted octanol–water partition coefficient (Wildman–Crippen LogP) is 0.110. The average molecular weight is 889 g/mol. The molecule has 0 bridgehead atoms. The summed E-state index contributed by atoms with van der Waals surface area (Å²) in [7, 11) is 3.66. The second kappa shape index (κ2) is 37.8. The fourth-order valence-corrected chi connectivity index (χ4v) is 5.59. The number of nitrogens with one attached hydrogen (secondary N) is 6. The number of amides is 6. The van der Waals surface area contributed by atoms with Gasteiger partial charge in [-0.05, 0) is 25.7 Å². The fraction of sp³-hybridized carbons (Fsp3) is 0.780. The van der Waals surface area contributed by atoms with Crippen molar-refractivity contribution in [2.45, 2.75) is 103 Å². The third-order valence-corrected chi connectivity index (χ3v) is 9.14. The molecular weight excluding hydrogens is 816 g/mol. The van der Waals surface area contributed by atoms with Gasteiger partial charge in [-0.15, -0.1) is 0 Å². The summed E-state index contributed by atoms with van der Waals surface area (Å²) in [5.41, 5.74) is -0.614. The third-order valence-electron chi connectivity index (χ3n) is 9.14. The van der Waals surface area contributed by atoms with Crippen molar-refractivity contribution in [2.75, 3.05) is 100 Å². The molecule has 0 heterocycles. The topological polar surface area (TPSA) is 281 Å². The monoisotopic (exact) mass is 889 g/mol. The molecule has 356 valence electrons. The van der Waals surface area contributed by atoms with Gasteiger partial charge < -0.3 is 60.3 Å². The quantitative estimate of drug-likeness (QED) is 0.0272. The highest BCUT2D eigenvalue weighted by Gasteiger charge is 2.31. The molecule has 21 heteroatoms. The summed E-state index contributed by atoms with van der Waals surface area (Å²) in [5, 5.41) is 15.6. The van der Waals surface area contributed by atoms with Crippen molar-refractivity contribution in [1.29, 1.82) is 0 Å².